The molecule has 0 unspecified atom stereocenters. The van der Waals surface area contributed by atoms with Crippen LogP contribution in [0.25, 0.3) is 0 Å². The van der Waals surface area contributed by atoms with E-state index >= 15 is 0 Å². The van der Waals surface area contributed by atoms with Gasteiger partial charge in [-0.2, -0.15) is 0 Å². The number of nitrogens with zero attached hydrogens (tertiary/aromatic N) is 1. The molecular formula is C14H18N2O3. The first-order valence-electron chi connectivity index (χ1n) is 6.38. The first kappa shape index (κ1) is 13.5. The lowest BCUT2D eigenvalue weighted by Gasteiger charge is -2.26. The van der Waals surface area contributed by atoms with Gasteiger partial charge in [-0.15, -0.1) is 0 Å². The smallest absolute Gasteiger partial charge is 0.251 e. The largest absolute Gasteiger partial charge is 0.378 e. The summed E-state index contributed by atoms with van der Waals surface area (Å²) in [7, 11) is 0. The molecule has 19 heavy (non-hydrogen) atoms. The predicted molar refractivity (Wildman–Crippen MR) is 70.9 cm³/mol. The molecule has 5 nitrogen and oxygen atoms in total. The van der Waals surface area contributed by atoms with Crippen LogP contribution < -0.4 is 5.32 Å². The molecule has 1 saturated heterocycles. The molecule has 1 heterocycles. The zero-order valence-electron chi connectivity index (χ0n) is 11.0. The molecule has 102 valence electrons. The Hall–Kier alpha value is -1.88. The molecule has 1 aliphatic heterocycles. The van der Waals surface area contributed by atoms with Crippen LogP contribution in [0, 0.1) is 6.92 Å². The number of hydrogen-bond donors (Lipinski definition) is 1. The van der Waals surface area contributed by atoms with E-state index < -0.39 is 0 Å². The summed E-state index contributed by atoms with van der Waals surface area (Å²) in [6.45, 7) is 4.24. The molecule has 2 rings (SSSR count). The van der Waals surface area contributed by atoms with Gasteiger partial charge in [-0.25, -0.2) is 0 Å². The van der Waals surface area contributed by atoms with Gasteiger partial charge in [-0.3, -0.25) is 9.59 Å². The topological polar surface area (TPSA) is 58.6 Å². The highest BCUT2D eigenvalue weighted by Gasteiger charge is 2.17. The Kier molecular flexibility index (Phi) is 4.52. The van der Waals surface area contributed by atoms with Crippen molar-refractivity contribution in [2.24, 2.45) is 0 Å². The number of rotatable bonds is 3. The van der Waals surface area contributed by atoms with Gasteiger partial charge < -0.3 is 15.0 Å². The van der Waals surface area contributed by atoms with E-state index in [2.05, 4.69) is 5.32 Å². The van der Waals surface area contributed by atoms with Crippen molar-refractivity contribution in [3.8, 4) is 0 Å². The Morgan fingerprint density at radius 1 is 1.26 bits per heavy atom. The number of benzene rings is 1. The number of hydrogen-bond acceptors (Lipinski definition) is 3. The lowest BCUT2D eigenvalue weighted by atomic mass is 10.1. The van der Waals surface area contributed by atoms with Crippen LogP contribution in [-0.2, 0) is 9.53 Å². The van der Waals surface area contributed by atoms with Crippen molar-refractivity contribution in [1.29, 1.82) is 0 Å². The maximum absolute atomic E-state index is 11.9. The van der Waals surface area contributed by atoms with E-state index in [0.29, 0.717) is 31.9 Å². The molecule has 1 fully saturated rings. The molecule has 1 aromatic carbocycles. The molecule has 1 aliphatic rings. The molecule has 5 heteroatoms. The molecular weight excluding hydrogens is 244 g/mol. The summed E-state index contributed by atoms with van der Waals surface area (Å²) in [6, 6.07) is 7.32. The third kappa shape index (κ3) is 3.54. The van der Waals surface area contributed by atoms with Crippen molar-refractivity contribution in [3.63, 3.8) is 0 Å². The minimum atomic E-state index is -0.209. The van der Waals surface area contributed by atoms with Gasteiger partial charge in [-0.05, 0) is 18.6 Å². The minimum absolute atomic E-state index is 0.0349. The molecule has 2 amide bonds. The first-order chi connectivity index (χ1) is 9.18. The second-order valence-electron chi connectivity index (χ2n) is 4.49. The summed E-state index contributed by atoms with van der Waals surface area (Å²) >= 11 is 0. The number of ether oxygens (including phenoxy) is 1. The van der Waals surface area contributed by atoms with Gasteiger partial charge in [0, 0.05) is 18.7 Å². The fourth-order valence-corrected chi connectivity index (χ4v) is 2.00. The first-order valence-corrected chi connectivity index (χ1v) is 6.38. The van der Waals surface area contributed by atoms with Crippen LogP contribution in [0.15, 0.2) is 24.3 Å². The number of carbonyl (C=O) groups excluding carboxylic acids is 2. The second-order valence-corrected chi connectivity index (χ2v) is 4.49. The highest BCUT2D eigenvalue weighted by Crippen LogP contribution is 2.06. The summed E-state index contributed by atoms with van der Waals surface area (Å²) in [5.74, 6) is -0.273. The number of nitrogens with one attached hydrogen (secondary N) is 1. The van der Waals surface area contributed by atoms with Crippen molar-refractivity contribution in [1.82, 2.24) is 10.2 Å². The van der Waals surface area contributed by atoms with Crippen LogP contribution in [0.1, 0.15) is 15.9 Å². The highest BCUT2D eigenvalue weighted by atomic mass is 16.5. The van der Waals surface area contributed by atoms with Crippen molar-refractivity contribution >= 4 is 11.8 Å². The zero-order chi connectivity index (χ0) is 13.7. The molecule has 0 saturated carbocycles. The van der Waals surface area contributed by atoms with Gasteiger partial charge in [0.05, 0.1) is 19.8 Å². The average molecular weight is 262 g/mol. The van der Waals surface area contributed by atoms with Gasteiger partial charge in [0.25, 0.3) is 5.91 Å². The maximum Gasteiger partial charge on any atom is 0.251 e. The normalized spacial score (nSPS) is 15.1. The highest BCUT2D eigenvalue weighted by molar-refractivity contribution is 5.97. The van der Waals surface area contributed by atoms with Gasteiger partial charge in [0.1, 0.15) is 0 Å². The Morgan fingerprint density at radius 2 is 1.95 bits per heavy atom. The number of morpholine rings is 1. The number of aryl methyl sites for hydroxylation is 1. The molecule has 0 aliphatic carbocycles. The molecule has 0 aromatic heterocycles. The van der Waals surface area contributed by atoms with E-state index in [1.807, 2.05) is 25.1 Å². The van der Waals surface area contributed by atoms with Gasteiger partial charge in [-0.1, -0.05) is 18.2 Å². The molecule has 1 N–H and O–H groups in total. The SMILES string of the molecule is Cc1ccccc1C(=O)NCC(=O)N1CCOCC1. The van der Waals surface area contributed by atoms with E-state index in [-0.39, 0.29) is 18.4 Å². The quantitative estimate of drug-likeness (QED) is 0.867. The van der Waals surface area contributed by atoms with Crippen molar-refractivity contribution in [2.45, 2.75) is 6.92 Å². The van der Waals surface area contributed by atoms with Gasteiger partial charge >= 0.3 is 0 Å². The monoisotopic (exact) mass is 262 g/mol. The van der Waals surface area contributed by atoms with Crippen LogP contribution in [0.4, 0.5) is 0 Å². The third-order valence-corrected chi connectivity index (χ3v) is 3.15. The molecule has 0 spiro atoms. The maximum atomic E-state index is 11.9. The van der Waals surface area contributed by atoms with E-state index in [9.17, 15) is 9.59 Å². The lowest BCUT2D eigenvalue weighted by Crippen LogP contribution is -2.45. The number of amides is 2. The van der Waals surface area contributed by atoms with Crippen molar-refractivity contribution in [2.75, 3.05) is 32.8 Å². The Bertz CT molecular complexity index is 468. The van der Waals surface area contributed by atoms with Crippen molar-refractivity contribution in [3.05, 3.63) is 35.4 Å². The molecule has 0 atom stereocenters. The Labute approximate surface area is 112 Å². The van der Waals surface area contributed by atoms with Crippen LogP contribution in [0.3, 0.4) is 0 Å². The Morgan fingerprint density at radius 3 is 2.63 bits per heavy atom. The standard InChI is InChI=1S/C14H18N2O3/c1-11-4-2-3-5-12(11)14(18)15-10-13(17)16-6-8-19-9-7-16/h2-5H,6-10H2,1H3,(H,15,18). The summed E-state index contributed by atoms with van der Waals surface area (Å²) in [4.78, 5) is 25.5. The van der Waals surface area contributed by atoms with Crippen LogP contribution in [0.2, 0.25) is 0 Å². The van der Waals surface area contributed by atoms with Gasteiger partial charge in [0.2, 0.25) is 5.91 Å². The molecule has 1 aromatic rings. The summed E-state index contributed by atoms with van der Waals surface area (Å²) < 4.78 is 5.18. The fraction of sp³-hybridized carbons (Fsp3) is 0.429. The predicted octanol–water partition coefficient (Wildman–Crippen LogP) is 0.584. The van der Waals surface area contributed by atoms with Crippen LogP contribution in [0.5, 0.6) is 0 Å². The molecule has 0 radical (unpaired) electrons. The number of carbonyl (C=O) groups is 2. The van der Waals surface area contributed by atoms with E-state index in [1.54, 1.807) is 11.0 Å². The Balaban J connectivity index is 1.86. The molecule has 0 bridgehead atoms. The third-order valence-electron chi connectivity index (χ3n) is 3.15. The zero-order valence-corrected chi connectivity index (χ0v) is 11.0. The van der Waals surface area contributed by atoms with Crippen LogP contribution >= 0.6 is 0 Å². The minimum Gasteiger partial charge on any atom is -0.378 e. The second kappa shape index (κ2) is 6.33. The lowest BCUT2D eigenvalue weighted by molar-refractivity contribution is -0.134. The van der Waals surface area contributed by atoms with Gasteiger partial charge in [0.15, 0.2) is 0 Å². The summed E-state index contributed by atoms with van der Waals surface area (Å²) in [6.07, 6.45) is 0. The summed E-state index contributed by atoms with van der Waals surface area (Å²) in [5.41, 5.74) is 1.51. The van der Waals surface area contributed by atoms with E-state index in [4.69, 9.17) is 4.74 Å². The van der Waals surface area contributed by atoms with E-state index in [1.165, 1.54) is 0 Å². The van der Waals surface area contributed by atoms with Crippen molar-refractivity contribution < 1.29 is 14.3 Å². The fourth-order valence-electron chi connectivity index (χ4n) is 2.00. The summed E-state index contributed by atoms with van der Waals surface area (Å²) in [5, 5.41) is 2.67. The van der Waals surface area contributed by atoms with Crippen LogP contribution in [-0.4, -0.2) is 49.6 Å². The average Bonchev–Trinajstić information content (AvgIpc) is 2.46. The van der Waals surface area contributed by atoms with E-state index in [0.717, 1.165) is 5.56 Å².